The Bertz CT molecular complexity index is 271. The van der Waals surface area contributed by atoms with Gasteiger partial charge in [0.1, 0.15) is 5.69 Å². The van der Waals surface area contributed by atoms with E-state index >= 15 is 0 Å². The van der Waals surface area contributed by atoms with Crippen LogP contribution < -0.4 is 5.32 Å². The van der Waals surface area contributed by atoms with Crippen LogP contribution in [0, 0.1) is 5.41 Å². The van der Waals surface area contributed by atoms with E-state index in [0.717, 1.165) is 15.7 Å². The zero-order valence-corrected chi connectivity index (χ0v) is 7.85. The molecule has 1 aromatic carbocycles. The molecule has 11 heavy (non-hydrogen) atoms. The molecule has 1 aromatic rings. The molecule has 0 saturated carbocycles. The summed E-state index contributed by atoms with van der Waals surface area (Å²) in [6, 6.07) is 5.89. The van der Waals surface area contributed by atoms with Crippen LogP contribution in [0.25, 0.3) is 0 Å². The van der Waals surface area contributed by atoms with Gasteiger partial charge in [0.15, 0.2) is 0 Å². The fourth-order valence-corrected chi connectivity index (χ4v) is 1.45. The Morgan fingerprint density at radius 3 is 2.73 bits per heavy atom. The van der Waals surface area contributed by atoms with Crippen molar-refractivity contribution in [2.24, 2.45) is 0 Å². The number of benzene rings is 1. The maximum Gasteiger partial charge on any atom is 0.139 e. The Morgan fingerprint density at radius 1 is 1.55 bits per heavy atom. The molecule has 0 saturated heterocycles. The molecular formula is C8H10BrN2+. The van der Waals surface area contributed by atoms with Crippen molar-refractivity contribution in [3.05, 3.63) is 28.2 Å². The lowest BCUT2D eigenvalue weighted by Crippen LogP contribution is -2.73. The van der Waals surface area contributed by atoms with Gasteiger partial charge in [0, 0.05) is 10.7 Å². The Hall–Kier alpha value is -0.670. The maximum atomic E-state index is 7.15. The molecule has 0 bridgehead atoms. The van der Waals surface area contributed by atoms with Crippen LogP contribution in [0.2, 0.25) is 0 Å². The van der Waals surface area contributed by atoms with Crippen LogP contribution in [0.1, 0.15) is 5.56 Å². The van der Waals surface area contributed by atoms with Gasteiger partial charge in [-0.1, -0.05) is 6.07 Å². The lowest BCUT2D eigenvalue weighted by molar-refractivity contribution is -0.539. The van der Waals surface area contributed by atoms with E-state index in [1.54, 1.807) is 0 Å². The van der Waals surface area contributed by atoms with E-state index in [1.165, 1.54) is 6.21 Å². The van der Waals surface area contributed by atoms with Gasteiger partial charge in [-0.3, -0.25) is 0 Å². The van der Waals surface area contributed by atoms with Crippen molar-refractivity contribution < 1.29 is 5.32 Å². The molecule has 3 heteroatoms. The number of halogens is 1. The van der Waals surface area contributed by atoms with Gasteiger partial charge in [0.2, 0.25) is 0 Å². The second-order valence-corrected chi connectivity index (χ2v) is 3.03. The molecule has 2 nitrogen and oxygen atoms in total. The zero-order chi connectivity index (χ0) is 8.27. The highest BCUT2D eigenvalue weighted by atomic mass is 79.9. The zero-order valence-electron chi connectivity index (χ0n) is 6.26. The van der Waals surface area contributed by atoms with Crippen LogP contribution in [0.5, 0.6) is 0 Å². The molecule has 3 N–H and O–H groups in total. The van der Waals surface area contributed by atoms with E-state index < -0.39 is 0 Å². The van der Waals surface area contributed by atoms with Crippen LogP contribution in [0.4, 0.5) is 5.69 Å². The first-order valence-corrected chi connectivity index (χ1v) is 4.17. The number of hydrogen-bond acceptors (Lipinski definition) is 1. The van der Waals surface area contributed by atoms with E-state index in [0.29, 0.717) is 0 Å². The van der Waals surface area contributed by atoms with Gasteiger partial charge in [-0.2, -0.15) is 0 Å². The van der Waals surface area contributed by atoms with Crippen LogP contribution in [-0.4, -0.2) is 13.3 Å². The Morgan fingerprint density at radius 2 is 2.27 bits per heavy atom. The minimum Gasteiger partial charge on any atom is -0.316 e. The van der Waals surface area contributed by atoms with Crippen molar-refractivity contribution in [1.82, 2.24) is 0 Å². The average Bonchev–Trinajstić information content (AvgIpc) is 2.04. The standard InChI is InChI=1S/C8H9BrN2/c1-11-8-4-2-3-7(9)6(8)5-10/h2-5,10-11H,1H3/p+1. The molecule has 0 unspecified atom stereocenters. The molecule has 0 atom stereocenters. The van der Waals surface area contributed by atoms with E-state index in [4.69, 9.17) is 5.41 Å². The van der Waals surface area contributed by atoms with Gasteiger partial charge in [-0.05, 0) is 28.1 Å². The summed E-state index contributed by atoms with van der Waals surface area (Å²) in [6.07, 6.45) is 1.36. The third-order valence-corrected chi connectivity index (χ3v) is 2.23. The summed E-state index contributed by atoms with van der Waals surface area (Å²) in [6.45, 7) is 0. The predicted octanol–water partition coefficient (Wildman–Crippen LogP) is 1.27. The topological polar surface area (TPSA) is 40.5 Å². The SMILES string of the molecule is C[NH2+]c1cccc(Br)c1C=N. The van der Waals surface area contributed by atoms with Crippen molar-refractivity contribution >= 4 is 27.8 Å². The molecule has 0 spiro atoms. The smallest absolute Gasteiger partial charge is 0.139 e. The summed E-state index contributed by atoms with van der Waals surface area (Å²) >= 11 is 3.38. The molecular weight excluding hydrogens is 204 g/mol. The molecule has 0 aliphatic rings. The molecule has 0 amide bonds. The monoisotopic (exact) mass is 213 g/mol. The van der Waals surface area contributed by atoms with E-state index in [9.17, 15) is 0 Å². The first kappa shape index (κ1) is 8.43. The van der Waals surface area contributed by atoms with E-state index in [1.807, 2.05) is 30.6 Å². The lowest BCUT2D eigenvalue weighted by atomic mass is 10.2. The highest BCUT2D eigenvalue weighted by Crippen LogP contribution is 2.18. The first-order chi connectivity index (χ1) is 5.29. The fraction of sp³-hybridized carbons (Fsp3) is 0.125. The molecule has 0 fully saturated rings. The molecule has 0 aliphatic carbocycles. The molecule has 0 aromatic heterocycles. The second-order valence-electron chi connectivity index (χ2n) is 2.18. The van der Waals surface area contributed by atoms with Crippen molar-refractivity contribution in [2.45, 2.75) is 0 Å². The minimum absolute atomic E-state index is 0.940. The van der Waals surface area contributed by atoms with Crippen molar-refractivity contribution in [3.63, 3.8) is 0 Å². The maximum absolute atomic E-state index is 7.15. The van der Waals surface area contributed by atoms with Crippen LogP contribution in [-0.2, 0) is 0 Å². The van der Waals surface area contributed by atoms with Gasteiger partial charge < -0.3 is 10.7 Å². The van der Waals surface area contributed by atoms with Crippen molar-refractivity contribution in [3.8, 4) is 0 Å². The number of nitrogens with two attached hydrogens (primary N) is 1. The number of hydrogen-bond donors (Lipinski definition) is 2. The van der Waals surface area contributed by atoms with Gasteiger partial charge >= 0.3 is 0 Å². The summed E-state index contributed by atoms with van der Waals surface area (Å²) < 4.78 is 0.975. The normalized spacial score (nSPS) is 9.64. The lowest BCUT2D eigenvalue weighted by Gasteiger charge is -2.00. The average molecular weight is 214 g/mol. The van der Waals surface area contributed by atoms with Crippen LogP contribution in [0.3, 0.4) is 0 Å². The predicted molar refractivity (Wildman–Crippen MR) is 49.5 cm³/mol. The van der Waals surface area contributed by atoms with E-state index in [-0.39, 0.29) is 0 Å². The van der Waals surface area contributed by atoms with Gasteiger partial charge in [0.05, 0.1) is 12.6 Å². The van der Waals surface area contributed by atoms with Crippen molar-refractivity contribution in [1.29, 1.82) is 5.41 Å². The minimum atomic E-state index is 0.940. The Kier molecular flexibility index (Phi) is 2.79. The highest BCUT2D eigenvalue weighted by molar-refractivity contribution is 9.10. The Balaban J connectivity index is 3.24. The van der Waals surface area contributed by atoms with E-state index in [2.05, 4.69) is 15.9 Å². The largest absolute Gasteiger partial charge is 0.316 e. The summed E-state index contributed by atoms with van der Waals surface area (Å²) in [4.78, 5) is 0. The highest BCUT2D eigenvalue weighted by Gasteiger charge is 2.04. The number of rotatable bonds is 2. The molecule has 0 heterocycles. The molecule has 0 aliphatic heterocycles. The van der Waals surface area contributed by atoms with Gasteiger partial charge in [0.25, 0.3) is 0 Å². The molecule has 0 radical (unpaired) electrons. The molecule has 58 valence electrons. The van der Waals surface area contributed by atoms with Gasteiger partial charge in [-0.15, -0.1) is 0 Å². The summed E-state index contributed by atoms with van der Waals surface area (Å²) in [5.74, 6) is 0. The quantitative estimate of drug-likeness (QED) is 0.549. The van der Waals surface area contributed by atoms with Crippen LogP contribution in [0.15, 0.2) is 22.7 Å². The Labute approximate surface area is 74.3 Å². The summed E-state index contributed by atoms with van der Waals surface area (Å²) in [5.41, 5.74) is 2.03. The second kappa shape index (κ2) is 3.64. The number of quaternary nitrogens is 1. The summed E-state index contributed by atoms with van der Waals surface area (Å²) in [5, 5.41) is 9.14. The first-order valence-electron chi connectivity index (χ1n) is 3.38. The summed E-state index contributed by atoms with van der Waals surface area (Å²) in [7, 11) is 1.97. The van der Waals surface area contributed by atoms with Crippen LogP contribution >= 0.6 is 15.9 Å². The third kappa shape index (κ3) is 1.67. The molecule has 1 rings (SSSR count). The third-order valence-electron chi connectivity index (χ3n) is 1.54. The fourth-order valence-electron chi connectivity index (χ4n) is 0.958. The van der Waals surface area contributed by atoms with Crippen molar-refractivity contribution in [2.75, 3.05) is 7.05 Å². The number of nitrogens with one attached hydrogen (secondary N) is 1. The van der Waals surface area contributed by atoms with Gasteiger partial charge in [-0.25, -0.2) is 0 Å².